The van der Waals surface area contributed by atoms with Gasteiger partial charge in [-0.25, -0.2) is 9.97 Å². The number of thiophene rings is 1. The lowest BCUT2D eigenvalue weighted by Gasteiger charge is -2.57. The van der Waals surface area contributed by atoms with Crippen LogP contribution in [0.2, 0.25) is 0 Å². The van der Waals surface area contributed by atoms with Crippen LogP contribution in [0.3, 0.4) is 0 Å². The van der Waals surface area contributed by atoms with Crippen molar-refractivity contribution in [2.75, 3.05) is 44.3 Å². The first kappa shape index (κ1) is 16.9. The van der Waals surface area contributed by atoms with Crippen molar-refractivity contribution in [1.29, 1.82) is 0 Å². The Kier molecular flexibility index (Phi) is 3.82. The van der Waals surface area contributed by atoms with Crippen LogP contribution >= 0.6 is 11.3 Å². The molecule has 3 aliphatic rings. The van der Waals surface area contributed by atoms with Gasteiger partial charge in [0.15, 0.2) is 0 Å². The highest BCUT2D eigenvalue weighted by Gasteiger charge is 2.53. The van der Waals surface area contributed by atoms with Crippen molar-refractivity contribution in [3.05, 3.63) is 17.3 Å². The molecule has 2 aromatic rings. The molecule has 0 unspecified atom stereocenters. The van der Waals surface area contributed by atoms with E-state index in [1.165, 1.54) is 29.8 Å². The number of likely N-dealkylation sites (tertiary alicyclic amines) is 1. The van der Waals surface area contributed by atoms with Crippen LogP contribution in [-0.2, 0) is 11.2 Å². The molecular weight excluding hydrogens is 344 g/mol. The lowest BCUT2D eigenvalue weighted by molar-refractivity contribution is -0.164. The highest BCUT2D eigenvalue weighted by atomic mass is 32.1. The van der Waals surface area contributed by atoms with Gasteiger partial charge in [0.25, 0.3) is 0 Å². The molecule has 0 saturated carbocycles. The molecule has 0 bridgehead atoms. The summed E-state index contributed by atoms with van der Waals surface area (Å²) in [6.45, 7) is 13.5. The summed E-state index contributed by atoms with van der Waals surface area (Å²) >= 11 is 1.81. The minimum Gasteiger partial charge on any atom is -0.380 e. The molecule has 3 saturated heterocycles. The molecular formula is C20H28N4OS. The van der Waals surface area contributed by atoms with Gasteiger partial charge in [0.1, 0.15) is 17.0 Å². The molecule has 3 fully saturated rings. The van der Waals surface area contributed by atoms with Gasteiger partial charge in [-0.3, -0.25) is 4.90 Å². The smallest absolute Gasteiger partial charge is 0.140 e. The van der Waals surface area contributed by atoms with Gasteiger partial charge in [-0.1, -0.05) is 13.8 Å². The van der Waals surface area contributed by atoms with E-state index in [-0.39, 0.29) is 0 Å². The maximum absolute atomic E-state index is 5.47. The number of aromatic nitrogens is 2. The van der Waals surface area contributed by atoms with Gasteiger partial charge in [-0.05, 0) is 25.8 Å². The first-order valence-electron chi connectivity index (χ1n) is 9.82. The molecule has 2 aromatic heterocycles. The third kappa shape index (κ3) is 2.49. The van der Waals surface area contributed by atoms with Gasteiger partial charge in [-0.2, -0.15) is 0 Å². The Morgan fingerprint density at radius 1 is 1.27 bits per heavy atom. The van der Waals surface area contributed by atoms with Gasteiger partial charge in [0.05, 0.1) is 18.6 Å². The van der Waals surface area contributed by atoms with E-state index in [1.54, 1.807) is 6.33 Å². The topological polar surface area (TPSA) is 41.5 Å². The molecule has 140 valence electrons. The average molecular weight is 373 g/mol. The lowest BCUT2D eigenvalue weighted by atomic mass is 9.73. The van der Waals surface area contributed by atoms with Crippen LogP contribution < -0.4 is 4.90 Å². The average Bonchev–Trinajstić information content (AvgIpc) is 3.21. The second kappa shape index (κ2) is 5.88. The summed E-state index contributed by atoms with van der Waals surface area (Å²) < 4.78 is 5.47. The number of anilines is 1. The zero-order chi connectivity index (χ0) is 17.9. The third-order valence-corrected chi connectivity index (χ3v) is 8.13. The van der Waals surface area contributed by atoms with Gasteiger partial charge in [0.2, 0.25) is 0 Å². The first-order valence-corrected chi connectivity index (χ1v) is 10.6. The van der Waals surface area contributed by atoms with E-state index in [9.17, 15) is 0 Å². The summed E-state index contributed by atoms with van der Waals surface area (Å²) in [5, 5.41) is 1.25. The van der Waals surface area contributed by atoms with E-state index in [2.05, 4.69) is 46.6 Å². The largest absolute Gasteiger partial charge is 0.380 e. The van der Waals surface area contributed by atoms with E-state index >= 15 is 0 Å². The fourth-order valence-corrected chi connectivity index (χ4v) is 5.82. The van der Waals surface area contributed by atoms with E-state index in [1.807, 2.05) is 11.3 Å². The van der Waals surface area contributed by atoms with Crippen molar-refractivity contribution in [2.24, 2.45) is 10.8 Å². The van der Waals surface area contributed by atoms with Crippen molar-refractivity contribution < 1.29 is 4.74 Å². The maximum Gasteiger partial charge on any atom is 0.140 e. The van der Waals surface area contributed by atoms with Crippen LogP contribution in [0.15, 0.2) is 12.4 Å². The molecule has 0 N–H and O–H groups in total. The highest BCUT2D eigenvalue weighted by molar-refractivity contribution is 7.18. The molecule has 1 spiro atoms. The summed E-state index contributed by atoms with van der Waals surface area (Å²) in [4.78, 5) is 16.9. The summed E-state index contributed by atoms with van der Waals surface area (Å²) in [6, 6.07) is 2.91. The number of fused-ring (bicyclic) bond motifs is 1. The second-order valence-corrected chi connectivity index (χ2v) is 10.00. The Bertz CT molecular complexity index is 824. The van der Waals surface area contributed by atoms with E-state index in [0.717, 1.165) is 43.4 Å². The Morgan fingerprint density at radius 2 is 2.08 bits per heavy atom. The SMILES string of the molecule is CCc1cc2c(N3CCC4(C3)CN([C@@H](C)C3(C)COC3)C4)ncnc2s1. The Morgan fingerprint density at radius 3 is 2.77 bits per heavy atom. The van der Waals surface area contributed by atoms with Crippen molar-refractivity contribution in [2.45, 2.75) is 39.7 Å². The van der Waals surface area contributed by atoms with Crippen molar-refractivity contribution in [3.8, 4) is 0 Å². The summed E-state index contributed by atoms with van der Waals surface area (Å²) in [6.07, 6.45) is 4.09. The number of hydrogen-bond acceptors (Lipinski definition) is 6. The monoisotopic (exact) mass is 372 g/mol. The van der Waals surface area contributed by atoms with Crippen LogP contribution in [-0.4, -0.2) is 60.3 Å². The van der Waals surface area contributed by atoms with Crippen molar-refractivity contribution in [3.63, 3.8) is 0 Å². The van der Waals surface area contributed by atoms with E-state index in [0.29, 0.717) is 16.9 Å². The molecule has 6 heteroatoms. The predicted octanol–water partition coefficient (Wildman–Crippen LogP) is 3.19. The zero-order valence-corrected chi connectivity index (χ0v) is 16.8. The summed E-state index contributed by atoms with van der Waals surface area (Å²) in [5.74, 6) is 1.15. The number of rotatable bonds is 4. The lowest BCUT2D eigenvalue weighted by Crippen LogP contribution is -2.66. The van der Waals surface area contributed by atoms with E-state index in [4.69, 9.17) is 4.74 Å². The number of aryl methyl sites for hydroxylation is 1. The second-order valence-electron chi connectivity index (χ2n) is 8.88. The Balaban J connectivity index is 1.31. The fourth-order valence-electron chi connectivity index (χ4n) is 4.89. The molecule has 1 atom stereocenters. The minimum atomic E-state index is 0.353. The molecule has 5 nitrogen and oxygen atoms in total. The first-order chi connectivity index (χ1) is 12.5. The maximum atomic E-state index is 5.47. The standard InChI is InChI=1S/C20H28N4OS/c1-4-15-7-16-17(21-13-22-18(16)26-15)23-6-5-20(8-23)9-24(10-20)14(2)19(3)11-25-12-19/h7,13-14H,4-6,8-12H2,1-3H3/t14-/m0/s1. The summed E-state index contributed by atoms with van der Waals surface area (Å²) in [5.41, 5.74) is 0.808. The normalized spacial score (nSPS) is 25.4. The zero-order valence-electron chi connectivity index (χ0n) is 16.0. The van der Waals surface area contributed by atoms with Gasteiger partial charge in [-0.15, -0.1) is 11.3 Å². The van der Waals surface area contributed by atoms with Crippen LogP contribution in [0.4, 0.5) is 5.82 Å². The minimum absolute atomic E-state index is 0.353. The predicted molar refractivity (Wildman–Crippen MR) is 106 cm³/mol. The fraction of sp³-hybridized carbons (Fsp3) is 0.700. The molecule has 5 heterocycles. The molecule has 0 aliphatic carbocycles. The van der Waals surface area contributed by atoms with Crippen LogP contribution in [0.1, 0.15) is 32.1 Å². The Labute approximate surface area is 159 Å². The van der Waals surface area contributed by atoms with Crippen LogP contribution in [0.5, 0.6) is 0 Å². The molecule has 3 aliphatic heterocycles. The van der Waals surface area contributed by atoms with E-state index < -0.39 is 0 Å². The highest BCUT2D eigenvalue weighted by Crippen LogP contribution is 2.46. The van der Waals surface area contributed by atoms with Crippen molar-refractivity contribution >= 4 is 27.4 Å². The Hall–Kier alpha value is -1.24. The summed E-state index contributed by atoms with van der Waals surface area (Å²) in [7, 11) is 0. The molecule has 0 aromatic carbocycles. The van der Waals surface area contributed by atoms with Gasteiger partial charge in [0, 0.05) is 47.9 Å². The molecule has 26 heavy (non-hydrogen) atoms. The van der Waals surface area contributed by atoms with Gasteiger partial charge >= 0.3 is 0 Å². The third-order valence-electron chi connectivity index (χ3n) is 6.94. The van der Waals surface area contributed by atoms with Gasteiger partial charge < -0.3 is 9.64 Å². The number of hydrogen-bond donors (Lipinski definition) is 0. The number of nitrogens with zero attached hydrogens (tertiary/aromatic N) is 4. The molecule has 5 rings (SSSR count). The van der Waals surface area contributed by atoms with Crippen LogP contribution in [0, 0.1) is 10.8 Å². The van der Waals surface area contributed by atoms with Crippen molar-refractivity contribution in [1.82, 2.24) is 14.9 Å². The quantitative estimate of drug-likeness (QED) is 0.824. The van der Waals surface area contributed by atoms with Crippen LogP contribution in [0.25, 0.3) is 10.2 Å². The molecule has 0 radical (unpaired) electrons. The number of ether oxygens (including phenoxy) is 1. The molecule has 0 amide bonds.